The average Bonchev–Trinajstić information content (AvgIpc) is 3.03. The summed E-state index contributed by atoms with van der Waals surface area (Å²) in [5.41, 5.74) is 1.06. The van der Waals surface area contributed by atoms with Crippen LogP contribution >= 0.6 is 0 Å². The van der Waals surface area contributed by atoms with E-state index in [1.807, 2.05) is 19.1 Å². The molecule has 0 radical (unpaired) electrons. The van der Waals surface area contributed by atoms with Gasteiger partial charge in [-0.1, -0.05) is 50.3 Å². The largest absolute Gasteiger partial charge is 0.312 e. The minimum atomic E-state index is -3.44. The highest BCUT2D eigenvalue weighted by molar-refractivity contribution is 7.89. The summed E-state index contributed by atoms with van der Waals surface area (Å²) in [6.45, 7) is 4.81. The van der Waals surface area contributed by atoms with Crippen molar-refractivity contribution >= 4 is 10.0 Å². The molecule has 130 valence electrons. The molecule has 0 spiro atoms. The lowest BCUT2D eigenvalue weighted by Gasteiger charge is -2.21. The topological polar surface area (TPSA) is 58.2 Å². The van der Waals surface area contributed by atoms with Crippen molar-refractivity contribution in [2.24, 2.45) is 0 Å². The van der Waals surface area contributed by atoms with E-state index in [4.69, 9.17) is 0 Å². The van der Waals surface area contributed by atoms with Gasteiger partial charge in [0.25, 0.3) is 0 Å². The van der Waals surface area contributed by atoms with Crippen LogP contribution in [0, 0.1) is 6.92 Å². The molecule has 0 saturated heterocycles. The molecule has 4 nitrogen and oxygen atoms in total. The van der Waals surface area contributed by atoms with Crippen LogP contribution in [-0.4, -0.2) is 27.0 Å². The Hall–Kier alpha value is -0.910. The molecule has 1 unspecified atom stereocenters. The third-order valence-corrected chi connectivity index (χ3v) is 6.10. The highest BCUT2D eigenvalue weighted by Gasteiger charge is 2.21. The van der Waals surface area contributed by atoms with Gasteiger partial charge in [0.2, 0.25) is 10.0 Å². The molecule has 1 fully saturated rings. The minimum Gasteiger partial charge on any atom is -0.312 e. The van der Waals surface area contributed by atoms with Crippen molar-refractivity contribution in [1.29, 1.82) is 0 Å². The first-order valence-electron chi connectivity index (χ1n) is 8.83. The minimum absolute atomic E-state index is 0.0400. The molecular formula is C18H30N2O2S. The zero-order valence-corrected chi connectivity index (χ0v) is 15.2. The Morgan fingerprint density at radius 3 is 2.43 bits per heavy atom. The summed E-state index contributed by atoms with van der Waals surface area (Å²) < 4.78 is 28.0. The van der Waals surface area contributed by atoms with E-state index in [-0.39, 0.29) is 6.04 Å². The summed E-state index contributed by atoms with van der Waals surface area (Å²) in [4.78, 5) is 0.352. The molecule has 1 atom stereocenters. The fourth-order valence-electron chi connectivity index (χ4n) is 3.10. The highest BCUT2D eigenvalue weighted by atomic mass is 32.2. The van der Waals surface area contributed by atoms with E-state index >= 15 is 0 Å². The standard InChI is InChI=1S/C18H30N2O2S/c1-3-4-7-17(14-19-16-8-5-6-9-16)20-23(21,22)18-12-10-15(2)11-13-18/h10-13,16-17,19-20H,3-9,14H2,1-2H3. The first-order chi connectivity index (χ1) is 11.0. The Morgan fingerprint density at radius 1 is 1.17 bits per heavy atom. The van der Waals surface area contributed by atoms with E-state index in [1.165, 1.54) is 25.7 Å². The fourth-order valence-corrected chi connectivity index (χ4v) is 4.37. The SMILES string of the molecule is CCCCC(CNC1CCCC1)NS(=O)(=O)c1ccc(C)cc1. The summed E-state index contributed by atoms with van der Waals surface area (Å²) in [6, 6.07) is 7.56. The lowest BCUT2D eigenvalue weighted by atomic mass is 10.1. The van der Waals surface area contributed by atoms with E-state index < -0.39 is 10.0 Å². The molecule has 5 heteroatoms. The van der Waals surface area contributed by atoms with Crippen molar-refractivity contribution in [2.45, 2.75) is 75.8 Å². The average molecular weight is 339 g/mol. The second kappa shape index (κ2) is 8.81. The normalized spacial score (nSPS) is 17.5. The van der Waals surface area contributed by atoms with E-state index in [0.717, 1.165) is 31.4 Å². The quantitative estimate of drug-likeness (QED) is 0.726. The number of rotatable bonds is 9. The van der Waals surface area contributed by atoms with Gasteiger partial charge in [-0.25, -0.2) is 13.1 Å². The predicted molar refractivity (Wildman–Crippen MR) is 95.1 cm³/mol. The third-order valence-electron chi connectivity index (χ3n) is 4.57. The second-order valence-electron chi connectivity index (χ2n) is 6.66. The van der Waals surface area contributed by atoms with Crippen LogP contribution in [-0.2, 0) is 10.0 Å². The predicted octanol–water partition coefficient (Wildman–Crippen LogP) is 3.36. The lowest BCUT2D eigenvalue weighted by molar-refractivity contribution is 0.439. The molecule has 23 heavy (non-hydrogen) atoms. The highest BCUT2D eigenvalue weighted by Crippen LogP contribution is 2.18. The third kappa shape index (κ3) is 5.90. The van der Waals surface area contributed by atoms with Crippen molar-refractivity contribution in [3.8, 4) is 0 Å². The molecule has 1 saturated carbocycles. The Morgan fingerprint density at radius 2 is 1.83 bits per heavy atom. The van der Waals surface area contributed by atoms with Gasteiger partial charge in [0, 0.05) is 18.6 Å². The number of unbranched alkanes of at least 4 members (excludes halogenated alkanes) is 1. The maximum Gasteiger partial charge on any atom is 0.240 e. The van der Waals surface area contributed by atoms with Crippen LogP contribution < -0.4 is 10.0 Å². The van der Waals surface area contributed by atoms with Crippen molar-refractivity contribution in [2.75, 3.05) is 6.54 Å². The van der Waals surface area contributed by atoms with Gasteiger partial charge >= 0.3 is 0 Å². The summed E-state index contributed by atoms with van der Waals surface area (Å²) in [7, 11) is -3.44. The Balaban J connectivity index is 1.98. The monoisotopic (exact) mass is 338 g/mol. The van der Waals surface area contributed by atoms with Crippen LogP contribution in [0.5, 0.6) is 0 Å². The smallest absolute Gasteiger partial charge is 0.240 e. The number of nitrogens with one attached hydrogen (secondary N) is 2. The number of benzene rings is 1. The number of hydrogen-bond acceptors (Lipinski definition) is 3. The molecule has 0 heterocycles. The first kappa shape index (κ1) is 18.4. The maximum atomic E-state index is 12.6. The molecular weight excluding hydrogens is 308 g/mol. The molecule has 0 bridgehead atoms. The number of hydrogen-bond donors (Lipinski definition) is 2. The summed E-state index contributed by atoms with van der Waals surface area (Å²) in [5, 5.41) is 3.55. The second-order valence-corrected chi connectivity index (χ2v) is 8.38. The zero-order valence-electron chi connectivity index (χ0n) is 14.3. The Bertz CT molecular complexity index is 563. The van der Waals surface area contributed by atoms with Gasteiger partial charge in [0.15, 0.2) is 0 Å². The van der Waals surface area contributed by atoms with Crippen LogP contribution in [0.4, 0.5) is 0 Å². The summed E-state index contributed by atoms with van der Waals surface area (Å²) in [5.74, 6) is 0. The lowest BCUT2D eigenvalue weighted by Crippen LogP contribution is -2.44. The number of aryl methyl sites for hydroxylation is 1. The van der Waals surface area contributed by atoms with Gasteiger partial charge in [-0.15, -0.1) is 0 Å². The van der Waals surface area contributed by atoms with Gasteiger partial charge in [-0.2, -0.15) is 0 Å². The van der Waals surface area contributed by atoms with Gasteiger partial charge < -0.3 is 5.32 Å². The maximum absolute atomic E-state index is 12.6. The van der Waals surface area contributed by atoms with Crippen molar-refractivity contribution in [3.05, 3.63) is 29.8 Å². The van der Waals surface area contributed by atoms with Crippen molar-refractivity contribution < 1.29 is 8.42 Å². The molecule has 2 rings (SSSR count). The summed E-state index contributed by atoms with van der Waals surface area (Å²) >= 11 is 0. The van der Waals surface area contributed by atoms with Crippen LogP contribution in [0.25, 0.3) is 0 Å². The summed E-state index contributed by atoms with van der Waals surface area (Å²) in [6.07, 6.45) is 7.98. The molecule has 0 aliphatic heterocycles. The van der Waals surface area contributed by atoms with E-state index in [2.05, 4.69) is 17.0 Å². The molecule has 1 aliphatic carbocycles. The van der Waals surface area contributed by atoms with Gasteiger partial charge in [0.05, 0.1) is 4.90 Å². The molecule has 1 aliphatic rings. The molecule has 2 N–H and O–H groups in total. The first-order valence-corrected chi connectivity index (χ1v) is 10.3. The van der Waals surface area contributed by atoms with E-state index in [9.17, 15) is 8.42 Å². The Labute approximate surface area is 141 Å². The molecule has 1 aromatic rings. The van der Waals surface area contributed by atoms with Gasteiger partial charge in [-0.3, -0.25) is 0 Å². The van der Waals surface area contributed by atoms with E-state index in [0.29, 0.717) is 10.9 Å². The number of sulfonamides is 1. The van der Waals surface area contributed by atoms with Crippen LogP contribution in [0.3, 0.4) is 0 Å². The zero-order chi connectivity index (χ0) is 16.7. The Kier molecular flexibility index (Phi) is 7.06. The molecule has 0 amide bonds. The van der Waals surface area contributed by atoms with Gasteiger partial charge in [0.1, 0.15) is 0 Å². The van der Waals surface area contributed by atoms with Crippen LogP contribution in [0.15, 0.2) is 29.2 Å². The van der Waals surface area contributed by atoms with E-state index in [1.54, 1.807) is 12.1 Å². The van der Waals surface area contributed by atoms with Crippen LogP contribution in [0.2, 0.25) is 0 Å². The fraction of sp³-hybridized carbons (Fsp3) is 0.667. The molecule has 0 aromatic heterocycles. The van der Waals surface area contributed by atoms with Gasteiger partial charge in [-0.05, 0) is 38.3 Å². The van der Waals surface area contributed by atoms with Crippen molar-refractivity contribution in [1.82, 2.24) is 10.0 Å². The van der Waals surface area contributed by atoms with Crippen LogP contribution in [0.1, 0.15) is 57.4 Å². The van der Waals surface area contributed by atoms with Crippen molar-refractivity contribution in [3.63, 3.8) is 0 Å². The molecule has 1 aromatic carbocycles.